The molecule has 2 aromatic heterocycles. The van der Waals surface area contributed by atoms with E-state index in [9.17, 15) is 0 Å². The maximum atomic E-state index is 5.28. The van der Waals surface area contributed by atoms with Gasteiger partial charge in [-0.3, -0.25) is 0 Å². The van der Waals surface area contributed by atoms with Crippen LogP contribution in [-0.2, 0) is 6.54 Å². The number of tetrazole rings is 1. The minimum atomic E-state index is 0.00774. The number of aromatic nitrogens is 5. The van der Waals surface area contributed by atoms with Gasteiger partial charge in [-0.15, -0.1) is 10.2 Å². The lowest BCUT2D eigenvalue weighted by Crippen LogP contribution is -2.19. The Hall–Kier alpha value is -1.74. The third kappa shape index (κ3) is 3.18. The van der Waals surface area contributed by atoms with Crippen LogP contribution in [0.4, 0.5) is 5.13 Å². The van der Waals surface area contributed by atoms with Crippen LogP contribution in [0.25, 0.3) is 0 Å². The van der Waals surface area contributed by atoms with Crippen LogP contribution < -0.4 is 15.0 Å². The van der Waals surface area contributed by atoms with Gasteiger partial charge in [0.2, 0.25) is 5.88 Å². The first-order valence-corrected chi connectivity index (χ1v) is 6.61. The minimum absolute atomic E-state index is 0.00774. The highest BCUT2D eigenvalue weighted by Crippen LogP contribution is 2.30. The van der Waals surface area contributed by atoms with Gasteiger partial charge in [-0.25, -0.2) is 0 Å². The molecule has 0 radical (unpaired) electrons. The Morgan fingerprint density at radius 3 is 2.84 bits per heavy atom. The number of methoxy groups -OCH3 is 1. The van der Waals surface area contributed by atoms with Crippen LogP contribution in [0.2, 0.25) is 0 Å². The van der Waals surface area contributed by atoms with Crippen molar-refractivity contribution in [2.75, 3.05) is 26.1 Å². The van der Waals surface area contributed by atoms with Crippen molar-refractivity contribution >= 4 is 16.5 Å². The van der Waals surface area contributed by atoms with Crippen LogP contribution in [0.3, 0.4) is 0 Å². The van der Waals surface area contributed by atoms with E-state index in [-0.39, 0.29) is 6.04 Å². The zero-order chi connectivity index (χ0) is 13.8. The predicted octanol–water partition coefficient (Wildman–Crippen LogP) is 0.582. The molecular formula is C10H17N7OS. The molecule has 1 unspecified atom stereocenters. The number of nitrogens with one attached hydrogen (secondary N) is 2. The van der Waals surface area contributed by atoms with Gasteiger partial charge in [-0.2, -0.15) is 10.2 Å². The molecule has 0 bridgehead atoms. The van der Waals surface area contributed by atoms with Gasteiger partial charge in [0.05, 0.1) is 18.0 Å². The van der Waals surface area contributed by atoms with E-state index in [2.05, 4.69) is 30.9 Å². The Morgan fingerprint density at radius 2 is 2.26 bits per heavy atom. The van der Waals surface area contributed by atoms with Crippen molar-refractivity contribution in [2.24, 2.45) is 0 Å². The van der Waals surface area contributed by atoms with Gasteiger partial charge in [-0.05, 0) is 6.92 Å². The summed E-state index contributed by atoms with van der Waals surface area (Å²) in [6, 6.07) is 0.00774. The number of rotatable bonds is 6. The van der Waals surface area contributed by atoms with Crippen molar-refractivity contribution in [3.05, 3.63) is 10.7 Å². The van der Waals surface area contributed by atoms with Gasteiger partial charge < -0.3 is 15.0 Å². The van der Waals surface area contributed by atoms with E-state index in [1.807, 2.05) is 25.9 Å². The quantitative estimate of drug-likeness (QED) is 0.801. The predicted molar refractivity (Wildman–Crippen MR) is 72.4 cm³/mol. The standard InChI is InChI=1S/C10H17N7OS/c1-6(8-13-15-16-14-8)11-5-7-9(18-4)12-10(19-7)17(2)3/h6,11H,5H2,1-4H3,(H,13,14,15,16). The highest BCUT2D eigenvalue weighted by atomic mass is 32.1. The van der Waals surface area contributed by atoms with E-state index in [1.165, 1.54) is 0 Å². The molecule has 104 valence electrons. The van der Waals surface area contributed by atoms with Gasteiger partial charge in [0.1, 0.15) is 0 Å². The molecule has 0 spiro atoms. The van der Waals surface area contributed by atoms with E-state index in [0.29, 0.717) is 18.2 Å². The molecule has 0 saturated carbocycles. The van der Waals surface area contributed by atoms with Crippen molar-refractivity contribution in [3.8, 4) is 5.88 Å². The van der Waals surface area contributed by atoms with E-state index in [1.54, 1.807) is 18.4 Å². The van der Waals surface area contributed by atoms with Crippen LogP contribution in [0.1, 0.15) is 23.7 Å². The highest BCUT2D eigenvalue weighted by molar-refractivity contribution is 7.15. The topological polar surface area (TPSA) is 91.9 Å². The zero-order valence-electron chi connectivity index (χ0n) is 11.3. The second kappa shape index (κ2) is 5.93. The van der Waals surface area contributed by atoms with Crippen LogP contribution in [0.15, 0.2) is 0 Å². The molecular weight excluding hydrogens is 266 g/mol. The molecule has 0 amide bonds. The molecule has 1 atom stereocenters. The first-order valence-electron chi connectivity index (χ1n) is 5.79. The summed E-state index contributed by atoms with van der Waals surface area (Å²) in [5.41, 5.74) is 0. The second-order valence-electron chi connectivity index (χ2n) is 4.20. The third-order valence-electron chi connectivity index (χ3n) is 2.54. The largest absolute Gasteiger partial charge is 0.480 e. The molecule has 9 heteroatoms. The average molecular weight is 283 g/mol. The number of thiazole rings is 1. The number of hydrogen-bond acceptors (Lipinski definition) is 8. The molecule has 0 aliphatic rings. The fourth-order valence-corrected chi connectivity index (χ4v) is 2.38. The Morgan fingerprint density at radius 1 is 1.47 bits per heavy atom. The Labute approximate surface area is 115 Å². The first kappa shape index (κ1) is 13.7. The number of aromatic amines is 1. The van der Waals surface area contributed by atoms with Gasteiger partial charge >= 0.3 is 0 Å². The minimum Gasteiger partial charge on any atom is -0.480 e. The SMILES string of the molecule is COc1nc(N(C)C)sc1CNC(C)c1nn[nH]n1. The Balaban J connectivity index is 2.02. The summed E-state index contributed by atoms with van der Waals surface area (Å²) in [4.78, 5) is 7.40. The van der Waals surface area contributed by atoms with Crippen molar-refractivity contribution in [2.45, 2.75) is 19.5 Å². The molecule has 8 nitrogen and oxygen atoms in total. The number of ether oxygens (including phenoxy) is 1. The number of nitrogens with zero attached hydrogens (tertiary/aromatic N) is 5. The van der Waals surface area contributed by atoms with Crippen molar-refractivity contribution in [1.29, 1.82) is 0 Å². The monoisotopic (exact) mass is 283 g/mol. The summed E-state index contributed by atoms with van der Waals surface area (Å²) in [5, 5.41) is 18.1. The van der Waals surface area contributed by atoms with Gasteiger partial charge in [0.25, 0.3) is 0 Å². The van der Waals surface area contributed by atoms with E-state index in [4.69, 9.17) is 4.74 Å². The summed E-state index contributed by atoms with van der Waals surface area (Å²) in [7, 11) is 5.54. The summed E-state index contributed by atoms with van der Waals surface area (Å²) in [5.74, 6) is 1.29. The maximum absolute atomic E-state index is 5.28. The second-order valence-corrected chi connectivity index (χ2v) is 5.26. The van der Waals surface area contributed by atoms with Gasteiger partial charge in [-0.1, -0.05) is 16.6 Å². The summed E-state index contributed by atoms with van der Waals surface area (Å²) in [6.45, 7) is 2.62. The van der Waals surface area contributed by atoms with Gasteiger partial charge in [0, 0.05) is 20.6 Å². The lowest BCUT2D eigenvalue weighted by molar-refractivity contribution is 0.393. The number of anilines is 1. The lowest BCUT2D eigenvalue weighted by Gasteiger charge is -2.08. The molecule has 0 aliphatic carbocycles. The summed E-state index contributed by atoms with van der Waals surface area (Å²) < 4.78 is 5.28. The maximum Gasteiger partial charge on any atom is 0.230 e. The summed E-state index contributed by atoms with van der Waals surface area (Å²) >= 11 is 1.59. The molecule has 2 rings (SSSR count). The van der Waals surface area contributed by atoms with Crippen LogP contribution in [0.5, 0.6) is 5.88 Å². The molecule has 0 aromatic carbocycles. The van der Waals surface area contributed by atoms with E-state index >= 15 is 0 Å². The molecule has 0 aliphatic heterocycles. The molecule has 2 aromatic rings. The molecule has 2 N–H and O–H groups in total. The van der Waals surface area contributed by atoms with Crippen molar-refractivity contribution < 1.29 is 4.74 Å². The number of hydrogen-bond donors (Lipinski definition) is 2. The normalized spacial score (nSPS) is 12.4. The fraction of sp³-hybridized carbons (Fsp3) is 0.600. The highest BCUT2D eigenvalue weighted by Gasteiger charge is 2.15. The zero-order valence-corrected chi connectivity index (χ0v) is 12.2. The lowest BCUT2D eigenvalue weighted by atomic mass is 10.3. The fourth-order valence-electron chi connectivity index (χ4n) is 1.48. The molecule has 0 fully saturated rings. The third-order valence-corrected chi connectivity index (χ3v) is 3.75. The van der Waals surface area contributed by atoms with E-state index < -0.39 is 0 Å². The van der Waals surface area contributed by atoms with Crippen LogP contribution >= 0.6 is 11.3 Å². The Bertz CT molecular complexity index is 510. The van der Waals surface area contributed by atoms with E-state index in [0.717, 1.165) is 10.0 Å². The van der Waals surface area contributed by atoms with Crippen molar-refractivity contribution in [3.63, 3.8) is 0 Å². The average Bonchev–Trinajstić information content (AvgIpc) is 3.04. The van der Waals surface area contributed by atoms with Gasteiger partial charge in [0.15, 0.2) is 11.0 Å². The molecule has 2 heterocycles. The first-order chi connectivity index (χ1) is 9.11. The molecule has 19 heavy (non-hydrogen) atoms. The summed E-state index contributed by atoms with van der Waals surface area (Å²) in [6.07, 6.45) is 0. The Kier molecular flexibility index (Phi) is 4.27. The number of H-pyrrole nitrogens is 1. The van der Waals surface area contributed by atoms with Crippen LogP contribution in [0, 0.1) is 0 Å². The van der Waals surface area contributed by atoms with Crippen molar-refractivity contribution in [1.82, 2.24) is 30.9 Å². The van der Waals surface area contributed by atoms with Crippen LogP contribution in [-0.4, -0.2) is 46.8 Å². The smallest absolute Gasteiger partial charge is 0.230 e. The molecule has 0 saturated heterocycles.